The summed E-state index contributed by atoms with van der Waals surface area (Å²) in [6.45, 7) is 0. The van der Waals surface area contributed by atoms with Crippen molar-refractivity contribution in [3.05, 3.63) is 57.0 Å². The lowest BCUT2D eigenvalue weighted by atomic mass is 10.2. The van der Waals surface area contributed by atoms with E-state index in [0.717, 1.165) is 8.95 Å². The van der Waals surface area contributed by atoms with E-state index in [2.05, 4.69) is 41.8 Å². The number of rotatable bonds is 5. The molecule has 0 unspecified atom stereocenters. The summed E-state index contributed by atoms with van der Waals surface area (Å²) < 4.78 is 31.0. The minimum Gasteiger partial charge on any atom is -0.496 e. The third-order valence-electron chi connectivity index (χ3n) is 2.69. The van der Waals surface area contributed by atoms with Gasteiger partial charge in [-0.1, -0.05) is 31.9 Å². The van der Waals surface area contributed by atoms with Gasteiger partial charge in [0.05, 0.1) is 18.2 Å². The van der Waals surface area contributed by atoms with Crippen LogP contribution in [0.1, 0.15) is 5.56 Å². The van der Waals surface area contributed by atoms with Gasteiger partial charge in [0, 0.05) is 14.5 Å². The second-order valence-corrected chi connectivity index (χ2v) is 7.69. The summed E-state index contributed by atoms with van der Waals surface area (Å²) in [6, 6.07) is 11.6. The summed E-state index contributed by atoms with van der Waals surface area (Å²) in [4.78, 5) is 2.30. The van der Waals surface area contributed by atoms with Gasteiger partial charge in [0.1, 0.15) is 5.75 Å². The zero-order valence-corrected chi connectivity index (χ0v) is 15.4. The Bertz CT molecular complexity index is 790. The first kappa shape index (κ1) is 17.0. The third kappa shape index (κ3) is 4.31. The molecule has 0 fully saturated rings. The molecule has 1 N–H and O–H groups in total. The number of nitrogens with one attached hydrogen (secondary N) is 1. The standard InChI is InChI=1S/C14H12Br2N2O3S/c1-21-14-7-4-12(16)8-10(14)9-17-18-22(19,20)13-5-2-11(15)3-6-13/h2-9,18H,1H3/b17-9-. The van der Waals surface area contributed by atoms with Crippen molar-refractivity contribution in [3.8, 4) is 5.75 Å². The summed E-state index contributed by atoms with van der Waals surface area (Å²) in [6.07, 6.45) is 1.39. The van der Waals surface area contributed by atoms with Crippen molar-refractivity contribution in [2.75, 3.05) is 7.11 Å². The molecule has 0 radical (unpaired) electrons. The molecule has 0 saturated carbocycles. The first-order chi connectivity index (χ1) is 10.4. The van der Waals surface area contributed by atoms with Crippen molar-refractivity contribution in [2.24, 2.45) is 5.10 Å². The van der Waals surface area contributed by atoms with Gasteiger partial charge in [0.25, 0.3) is 10.0 Å². The van der Waals surface area contributed by atoms with Crippen LogP contribution in [0.2, 0.25) is 0 Å². The van der Waals surface area contributed by atoms with Crippen molar-refractivity contribution < 1.29 is 13.2 Å². The van der Waals surface area contributed by atoms with E-state index in [4.69, 9.17) is 4.74 Å². The number of nitrogens with zero attached hydrogens (tertiary/aromatic N) is 1. The van der Waals surface area contributed by atoms with E-state index < -0.39 is 10.0 Å². The second kappa shape index (κ2) is 7.26. The molecule has 0 atom stereocenters. The van der Waals surface area contributed by atoms with Gasteiger partial charge in [-0.05, 0) is 42.5 Å². The lowest BCUT2D eigenvalue weighted by Gasteiger charge is -2.05. The molecule has 0 aromatic heterocycles. The smallest absolute Gasteiger partial charge is 0.276 e. The van der Waals surface area contributed by atoms with Gasteiger partial charge in [0.2, 0.25) is 0 Å². The van der Waals surface area contributed by atoms with Gasteiger partial charge >= 0.3 is 0 Å². The number of benzene rings is 2. The molecule has 22 heavy (non-hydrogen) atoms. The van der Waals surface area contributed by atoms with Crippen LogP contribution < -0.4 is 9.57 Å². The highest BCUT2D eigenvalue weighted by molar-refractivity contribution is 9.10. The Balaban J connectivity index is 2.18. The van der Waals surface area contributed by atoms with Crippen LogP contribution in [0.15, 0.2) is 61.4 Å². The summed E-state index contributed by atoms with van der Waals surface area (Å²) in [5, 5.41) is 3.79. The number of methoxy groups -OCH3 is 1. The molecule has 0 spiro atoms. The lowest BCUT2D eigenvalue weighted by Crippen LogP contribution is -2.18. The lowest BCUT2D eigenvalue weighted by molar-refractivity contribution is 0.414. The maximum Gasteiger partial charge on any atom is 0.276 e. The maximum absolute atomic E-state index is 12.1. The molecule has 116 valence electrons. The van der Waals surface area contributed by atoms with Gasteiger partial charge in [-0.3, -0.25) is 0 Å². The minimum atomic E-state index is -3.70. The molecule has 0 aliphatic rings. The van der Waals surface area contributed by atoms with E-state index in [1.165, 1.54) is 25.5 Å². The summed E-state index contributed by atoms with van der Waals surface area (Å²) in [5.41, 5.74) is 0.649. The monoisotopic (exact) mass is 446 g/mol. The number of hydrogen-bond donors (Lipinski definition) is 1. The summed E-state index contributed by atoms with van der Waals surface area (Å²) in [5.74, 6) is 0.592. The molecular formula is C14H12Br2N2O3S. The molecule has 0 aliphatic carbocycles. The predicted molar refractivity (Wildman–Crippen MR) is 92.8 cm³/mol. The molecule has 2 aromatic carbocycles. The van der Waals surface area contributed by atoms with Crippen LogP contribution >= 0.6 is 31.9 Å². The Morgan fingerprint density at radius 1 is 1.09 bits per heavy atom. The molecule has 0 heterocycles. The largest absolute Gasteiger partial charge is 0.496 e. The SMILES string of the molecule is COc1ccc(Br)cc1/C=N\NS(=O)(=O)c1ccc(Br)cc1. The van der Waals surface area contributed by atoms with Crippen molar-refractivity contribution in [3.63, 3.8) is 0 Å². The fourth-order valence-electron chi connectivity index (χ4n) is 1.64. The topological polar surface area (TPSA) is 67.8 Å². The highest BCUT2D eigenvalue weighted by Crippen LogP contribution is 2.21. The van der Waals surface area contributed by atoms with Gasteiger partial charge in [-0.2, -0.15) is 13.5 Å². The zero-order chi connectivity index (χ0) is 16.2. The Labute approximate surface area is 145 Å². The first-order valence-corrected chi connectivity index (χ1v) is 9.13. The van der Waals surface area contributed by atoms with E-state index in [-0.39, 0.29) is 4.90 Å². The van der Waals surface area contributed by atoms with Crippen molar-refractivity contribution in [1.29, 1.82) is 0 Å². The minimum absolute atomic E-state index is 0.133. The van der Waals surface area contributed by atoms with Crippen LogP contribution in [0.25, 0.3) is 0 Å². The molecule has 5 nitrogen and oxygen atoms in total. The predicted octanol–water partition coefficient (Wildman–Crippen LogP) is 3.53. The first-order valence-electron chi connectivity index (χ1n) is 6.06. The summed E-state index contributed by atoms with van der Waals surface area (Å²) in [7, 11) is -2.16. The highest BCUT2D eigenvalue weighted by atomic mass is 79.9. The van der Waals surface area contributed by atoms with Gasteiger partial charge in [-0.15, -0.1) is 0 Å². The van der Waals surface area contributed by atoms with E-state index >= 15 is 0 Å². The molecule has 0 bridgehead atoms. The van der Waals surface area contributed by atoms with Gasteiger partial charge < -0.3 is 4.74 Å². The van der Waals surface area contributed by atoms with Gasteiger partial charge in [-0.25, -0.2) is 4.83 Å². The van der Waals surface area contributed by atoms with Crippen molar-refractivity contribution in [1.82, 2.24) is 4.83 Å². The zero-order valence-electron chi connectivity index (χ0n) is 11.5. The van der Waals surface area contributed by atoms with Crippen LogP contribution in [-0.4, -0.2) is 21.7 Å². The van der Waals surface area contributed by atoms with Crippen LogP contribution in [0.3, 0.4) is 0 Å². The molecule has 0 saturated heterocycles. The Morgan fingerprint density at radius 2 is 1.73 bits per heavy atom. The van der Waals surface area contributed by atoms with E-state index in [9.17, 15) is 8.42 Å². The van der Waals surface area contributed by atoms with Crippen LogP contribution in [-0.2, 0) is 10.0 Å². The van der Waals surface area contributed by atoms with Crippen molar-refractivity contribution in [2.45, 2.75) is 4.90 Å². The second-order valence-electron chi connectivity index (χ2n) is 4.19. The van der Waals surface area contributed by atoms with E-state index in [1.54, 1.807) is 24.3 Å². The average molecular weight is 448 g/mol. The van der Waals surface area contributed by atoms with Crippen LogP contribution in [0.4, 0.5) is 0 Å². The quantitative estimate of drug-likeness (QED) is 0.563. The normalized spacial score (nSPS) is 11.6. The molecular weight excluding hydrogens is 436 g/mol. The Kier molecular flexibility index (Phi) is 5.60. The molecule has 2 rings (SSSR count). The fourth-order valence-corrected chi connectivity index (χ4v) is 3.07. The third-order valence-corrected chi connectivity index (χ3v) is 4.95. The van der Waals surface area contributed by atoms with Crippen LogP contribution in [0.5, 0.6) is 5.75 Å². The van der Waals surface area contributed by atoms with E-state index in [0.29, 0.717) is 11.3 Å². The average Bonchev–Trinajstić information content (AvgIpc) is 2.48. The highest BCUT2D eigenvalue weighted by Gasteiger charge is 2.12. The molecule has 8 heteroatoms. The number of ether oxygens (including phenoxy) is 1. The molecule has 0 amide bonds. The Morgan fingerprint density at radius 3 is 2.36 bits per heavy atom. The molecule has 0 aliphatic heterocycles. The van der Waals surface area contributed by atoms with E-state index in [1.807, 2.05) is 6.07 Å². The number of sulfonamides is 1. The van der Waals surface area contributed by atoms with Gasteiger partial charge in [0.15, 0.2) is 0 Å². The number of halogens is 2. The Hall–Kier alpha value is -1.38. The maximum atomic E-state index is 12.1. The molecule has 2 aromatic rings. The number of hydrogen-bond acceptors (Lipinski definition) is 4. The number of hydrazone groups is 1. The fraction of sp³-hybridized carbons (Fsp3) is 0.0714. The van der Waals surface area contributed by atoms with Crippen LogP contribution in [0, 0.1) is 0 Å². The van der Waals surface area contributed by atoms with Crippen molar-refractivity contribution >= 4 is 48.1 Å². The summed E-state index contributed by atoms with van der Waals surface area (Å²) >= 11 is 6.59.